The Bertz CT molecular complexity index is 1350. The number of hydrogen-bond acceptors (Lipinski definition) is 6. The number of anilines is 4. The van der Waals surface area contributed by atoms with Gasteiger partial charge in [0.15, 0.2) is 5.82 Å². The van der Waals surface area contributed by atoms with Gasteiger partial charge in [0.05, 0.1) is 5.69 Å². The van der Waals surface area contributed by atoms with Crippen LogP contribution >= 0.6 is 0 Å². The topological polar surface area (TPSA) is 97.9 Å². The van der Waals surface area contributed by atoms with Crippen molar-refractivity contribution < 1.29 is 14.4 Å². The number of piperidine rings is 1. The van der Waals surface area contributed by atoms with E-state index < -0.39 is 0 Å². The lowest BCUT2D eigenvalue weighted by Gasteiger charge is -2.39. The van der Waals surface area contributed by atoms with E-state index in [4.69, 9.17) is 4.98 Å². The molecular weight excluding hydrogens is 492 g/mol. The molecule has 0 spiro atoms. The second-order valence-electron chi connectivity index (χ2n) is 10.2. The molecule has 0 aliphatic carbocycles. The zero-order valence-corrected chi connectivity index (χ0v) is 22.6. The quantitative estimate of drug-likeness (QED) is 0.505. The molecule has 1 atom stereocenters. The lowest BCUT2D eigenvalue weighted by molar-refractivity contribution is -0.129. The van der Waals surface area contributed by atoms with Crippen LogP contribution in [0.5, 0.6) is 0 Å². The molecule has 202 valence electrons. The van der Waals surface area contributed by atoms with Gasteiger partial charge in [-0.25, -0.2) is 4.98 Å². The molecule has 2 aromatic carbocycles. The third-order valence-electron chi connectivity index (χ3n) is 7.53. The zero-order valence-electron chi connectivity index (χ0n) is 22.6. The number of rotatable bonds is 6. The number of nitrogens with one attached hydrogen (secondary N) is 2. The predicted octanol–water partition coefficient (Wildman–Crippen LogP) is 3.94. The van der Waals surface area contributed by atoms with Crippen molar-refractivity contribution >= 4 is 40.7 Å². The van der Waals surface area contributed by atoms with E-state index in [2.05, 4.69) is 10.6 Å². The maximum Gasteiger partial charge on any atom is 0.251 e. The number of aromatic nitrogens is 1. The van der Waals surface area contributed by atoms with Gasteiger partial charge in [0.25, 0.3) is 5.91 Å². The Morgan fingerprint density at radius 3 is 2.33 bits per heavy atom. The molecule has 39 heavy (non-hydrogen) atoms. The minimum atomic E-state index is -0.349. The highest BCUT2D eigenvalue weighted by molar-refractivity contribution is 6.04. The highest BCUT2D eigenvalue weighted by Gasteiger charge is 2.35. The summed E-state index contributed by atoms with van der Waals surface area (Å²) in [7, 11) is 1.78. The van der Waals surface area contributed by atoms with E-state index in [0.717, 1.165) is 35.6 Å². The fourth-order valence-corrected chi connectivity index (χ4v) is 5.15. The number of likely N-dealkylation sites (N-methyl/N-ethyl adjacent to an activating group) is 1. The summed E-state index contributed by atoms with van der Waals surface area (Å²) in [5.41, 5.74) is 3.25. The molecule has 2 aliphatic heterocycles. The number of nitrogens with zero attached hydrogens (tertiary/aromatic N) is 4. The van der Waals surface area contributed by atoms with Gasteiger partial charge in [-0.05, 0) is 61.7 Å². The van der Waals surface area contributed by atoms with Crippen molar-refractivity contribution in [3.63, 3.8) is 0 Å². The Balaban J connectivity index is 1.27. The number of hydrogen-bond donors (Lipinski definition) is 2. The summed E-state index contributed by atoms with van der Waals surface area (Å²) < 4.78 is 0. The maximum absolute atomic E-state index is 12.9. The minimum absolute atomic E-state index is 0.0270. The Morgan fingerprint density at radius 1 is 0.974 bits per heavy atom. The first-order valence-corrected chi connectivity index (χ1v) is 13.3. The average Bonchev–Trinajstić information content (AvgIpc) is 2.95. The second-order valence-corrected chi connectivity index (χ2v) is 10.2. The number of benzene rings is 2. The summed E-state index contributed by atoms with van der Waals surface area (Å²) in [5, 5.41) is 6.42. The van der Waals surface area contributed by atoms with Crippen LogP contribution in [0, 0.1) is 0 Å². The lowest BCUT2D eigenvalue weighted by Crippen LogP contribution is -2.50. The largest absolute Gasteiger partial charge is 0.349 e. The number of fused-ring (bicyclic) bond motifs is 1. The molecule has 5 rings (SSSR count). The predicted molar refractivity (Wildman–Crippen MR) is 152 cm³/mol. The molecule has 3 amide bonds. The van der Waals surface area contributed by atoms with Crippen LogP contribution in [0.4, 0.5) is 23.0 Å². The van der Waals surface area contributed by atoms with Gasteiger partial charge < -0.3 is 25.3 Å². The number of carbonyl (C=O) groups is 3. The van der Waals surface area contributed by atoms with E-state index in [-0.39, 0.29) is 29.8 Å². The van der Waals surface area contributed by atoms with E-state index in [9.17, 15) is 14.4 Å². The fraction of sp³-hybridized carbons (Fsp3) is 0.333. The summed E-state index contributed by atoms with van der Waals surface area (Å²) in [5.74, 6) is 1.38. The van der Waals surface area contributed by atoms with Gasteiger partial charge in [-0.1, -0.05) is 30.3 Å². The normalized spacial score (nSPS) is 17.6. The smallest absolute Gasteiger partial charge is 0.251 e. The second kappa shape index (κ2) is 11.1. The minimum Gasteiger partial charge on any atom is -0.349 e. The van der Waals surface area contributed by atoms with Gasteiger partial charge in [-0.3, -0.25) is 14.4 Å². The summed E-state index contributed by atoms with van der Waals surface area (Å²) >= 11 is 0. The van der Waals surface area contributed by atoms with E-state index >= 15 is 0 Å². The summed E-state index contributed by atoms with van der Waals surface area (Å²) in [6.45, 7) is 5.39. The molecule has 0 saturated carbocycles. The van der Waals surface area contributed by atoms with Gasteiger partial charge in [0.2, 0.25) is 11.8 Å². The number of amides is 3. The Morgan fingerprint density at radius 2 is 1.67 bits per heavy atom. The molecule has 3 heterocycles. The molecule has 0 unspecified atom stereocenters. The monoisotopic (exact) mass is 526 g/mol. The third kappa shape index (κ3) is 5.72. The molecule has 9 heteroatoms. The molecule has 0 bridgehead atoms. The highest BCUT2D eigenvalue weighted by atomic mass is 16.2. The lowest BCUT2D eigenvalue weighted by atomic mass is 10.0. The van der Waals surface area contributed by atoms with Crippen molar-refractivity contribution in [2.45, 2.75) is 45.3 Å². The SMILES string of the molecule is CC(=O)N1CCC(NC(=O)c2ccc(Nc3ccc4c(n3)N(Cc3ccccc3)[C@H](C)C(=O)N4C)cc2)CC1. The van der Waals surface area contributed by atoms with Crippen LogP contribution < -0.4 is 20.4 Å². The first-order valence-electron chi connectivity index (χ1n) is 13.3. The van der Waals surface area contributed by atoms with Crippen molar-refractivity contribution in [1.82, 2.24) is 15.2 Å². The van der Waals surface area contributed by atoms with E-state index in [1.54, 1.807) is 31.0 Å². The molecule has 1 fully saturated rings. The van der Waals surface area contributed by atoms with Crippen LogP contribution in [-0.2, 0) is 16.1 Å². The molecule has 0 radical (unpaired) electrons. The molecule has 9 nitrogen and oxygen atoms in total. The van der Waals surface area contributed by atoms with Crippen LogP contribution in [0.3, 0.4) is 0 Å². The van der Waals surface area contributed by atoms with Crippen LogP contribution in [0.25, 0.3) is 0 Å². The Labute approximate surface area is 228 Å². The summed E-state index contributed by atoms with van der Waals surface area (Å²) in [6, 6.07) is 20.8. The van der Waals surface area contributed by atoms with Gasteiger partial charge >= 0.3 is 0 Å². The molecule has 3 aromatic rings. The van der Waals surface area contributed by atoms with Crippen LogP contribution in [0.1, 0.15) is 42.6 Å². The van der Waals surface area contributed by atoms with Crippen molar-refractivity contribution in [2.24, 2.45) is 0 Å². The standard InChI is InChI=1S/C30H34N6O3/c1-20-30(39)34(3)26-13-14-27(33-28(26)36(20)19-22-7-5-4-6-8-22)31-24-11-9-23(10-12-24)29(38)32-25-15-17-35(18-16-25)21(2)37/h4-14,20,25H,15-19H2,1-3H3,(H,31,33)(H,32,38)/t20-/m1/s1. The van der Waals surface area contributed by atoms with Gasteiger partial charge in [-0.2, -0.15) is 0 Å². The third-order valence-corrected chi connectivity index (χ3v) is 7.53. The Kier molecular flexibility index (Phi) is 7.49. The van der Waals surface area contributed by atoms with Gasteiger partial charge in [-0.15, -0.1) is 0 Å². The highest BCUT2D eigenvalue weighted by Crippen LogP contribution is 2.36. The number of pyridine rings is 1. The van der Waals surface area contributed by atoms with Crippen LogP contribution in [0.2, 0.25) is 0 Å². The fourth-order valence-electron chi connectivity index (χ4n) is 5.15. The molecule has 2 N–H and O–H groups in total. The summed E-state index contributed by atoms with van der Waals surface area (Å²) in [6.07, 6.45) is 1.52. The maximum atomic E-state index is 12.9. The van der Waals surface area contributed by atoms with Crippen molar-refractivity contribution in [3.05, 3.63) is 77.9 Å². The molecule has 2 aliphatic rings. The summed E-state index contributed by atoms with van der Waals surface area (Å²) in [4.78, 5) is 47.6. The first kappa shape index (κ1) is 26.2. The zero-order chi connectivity index (χ0) is 27.5. The van der Waals surface area contributed by atoms with E-state index in [1.165, 1.54) is 0 Å². The van der Waals surface area contributed by atoms with Crippen molar-refractivity contribution in [2.75, 3.05) is 35.3 Å². The number of likely N-dealkylation sites (tertiary alicyclic amines) is 1. The van der Waals surface area contributed by atoms with Gasteiger partial charge in [0.1, 0.15) is 11.9 Å². The van der Waals surface area contributed by atoms with Crippen molar-refractivity contribution in [3.8, 4) is 0 Å². The average molecular weight is 527 g/mol. The molecule has 1 saturated heterocycles. The van der Waals surface area contributed by atoms with E-state index in [0.29, 0.717) is 31.0 Å². The molecule has 1 aromatic heterocycles. The molecular formula is C30H34N6O3. The van der Waals surface area contributed by atoms with Crippen LogP contribution in [0.15, 0.2) is 66.7 Å². The van der Waals surface area contributed by atoms with E-state index in [1.807, 2.05) is 71.3 Å². The Hall–Kier alpha value is -4.40. The van der Waals surface area contributed by atoms with Crippen LogP contribution in [-0.4, -0.2) is 59.8 Å². The first-order chi connectivity index (χ1) is 18.8. The number of carbonyl (C=O) groups excluding carboxylic acids is 3. The van der Waals surface area contributed by atoms with Crippen molar-refractivity contribution in [1.29, 1.82) is 0 Å². The van der Waals surface area contributed by atoms with Gasteiger partial charge in [0, 0.05) is 50.9 Å².